The topological polar surface area (TPSA) is 18.5 Å². The number of hydrogen-bond acceptors (Lipinski definition) is 2. The Balaban J connectivity index is 3.11. The number of allylic oxidation sites excluding steroid dienone is 5. The lowest BCUT2D eigenvalue weighted by atomic mass is 9.76. The second kappa shape index (κ2) is 9.68. The second-order valence-electron chi connectivity index (χ2n) is 7.67. The Bertz CT molecular complexity index is 492. The largest absolute Gasteiger partial charge is 0.440 e. The van der Waals surface area contributed by atoms with Crippen LogP contribution in [0.2, 0.25) is 0 Å². The third-order valence-corrected chi connectivity index (χ3v) is 5.38. The van der Waals surface area contributed by atoms with E-state index in [1.165, 1.54) is 16.7 Å². The van der Waals surface area contributed by atoms with E-state index in [9.17, 15) is 0 Å². The fourth-order valence-corrected chi connectivity index (χ4v) is 3.14. The summed E-state index contributed by atoms with van der Waals surface area (Å²) < 4.78 is 10.8. The van der Waals surface area contributed by atoms with Gasteiger partial charge in [-0.2, -0.15) is 0 Å². The average molecular weight is 326 g/mol. The molecule has 0 bridgehead atoms. The Hall–Kier alpha value is -0.730. The molecule has 1 atom stereocenters. The first-order chi connectivity index (χ1) is 11.3. The monoisotopic (exact) mass is 326 g/mol. The van der Waals surface area contributed by atoms with Crippen molar-refractivity contribution in [2.24, 2.45) is 0 Å². The summed E-state index contributed by atoms with van der Waals surface area (Å²) >= 11 is 0. The highest BCUT2D eigenvalue weighted by Gasteiger charge is 2.43. The Kier molecular flexibility index (Phi) is 8.59. The van der Waals surface area contributed by atoms with Crippen LogP contribution >= 0.6 is 0 Å². The van der Waals surface area contributed by atoms with E-state index >= 15 is 0 Å². The van der Waals surface area contributed by atoms with Gasteiger partial charge in [0.25, 0.3) is 16.1 Å². The highest BCUT2D eigenvalue weighted by Crippen LogP contribution is 2.38. The smallest absolute Gasteiger partial charge is 0.283 e. The van der Waals surface area contributed by atoms with Gasteiger partial charge < -0.3 is 9.31 Å². The minimum absolute atomic E-state index is 0.645. The molecular formula is C20H32B2O2. The molecule has 130 valence electrons. The van der Waals surface area contributed by atoms with E-state index in [-0.39, 0.29) is 0 Å². The Morgan fingerprint density at radius 1 is 0.875 bits per heavy atom. The van der Waals surface area contributed by atoms with E-state index in [4.69, 9.17) is 25.4 Å². The van der Waals surface area contributed by atoms with Gasteiger partial charge in [-0.05, 0) is 79.6 Å². The van der Waals surface area contributed by atoms with Crippen LogP contribution in [0.25, 0.3) is 0 Å². The molecule has 4 radical (unpaired) electrons. The molecule has 1 unspecified atom stereocenters. The first kappa shape index (κ1) is 21.3. The molecule has 0 aromatic rings. The van der Waals surface area contributed by atoms with Gasteiger partial charge in [-0.3, -0.25) is 0 Å². The maximum Gasteiger partial charge on any atom is 0.283 e. The van der Waals surface area contributed by atoms with Crippen LogP contribution in [0.1, 0.15) is 79.6 Å². The van der Waals surface area contributed by atoms with E-state index in [1.54, 1.807) is 0 Å². The van der Waals surface area contributed by atoms with Crippen molar-refractivity contribution in [1.82, 2.24) is 0 Å². The van der Waals surface area contributed by atoms with Gasteiger partial charge in [-0.15, -0.1) is 0 Å². The van der Waals surface area contributed by atoms with E-state index in [2.05, 4.69) is 39.0 Å². The molecule has 0 amide bonds. The average Bonchev–Trinajstić information content (AvgIpc) is 2.54. The van der Waals surface area contributed by atoms with Crippen molar-refractivity contribution < 1.29 is 9.31 Å². The zero-order valence-electron chi connectivity index (χ0n) is 16.2. The summed E-state index contributed by atoms with van der Waals surface area (Å²) in [7, 11) is 11.3. The summed E-state index contributed by atoms with van der Waals surface area (Å²) in [5, 5.41) is 0. The maximum absolute atomic E-state index is 5.75. The van der Waals surface area contributed by atoms with Crippen molar-refractivity contribution in [3.05, 3.63) is 34.9 Å². The predicted octanol–water partition coefficient (Wildman–Crippen LogP) is 5.29. The zero-order valence-corrected chi connectivity index (χ0v) is 16.2. The van der Waals surface area contributed by atoms with Crippen LogP contribution in [-0.4, -0.2) is 27.3 Å². The fraction of sp³-hybridized carbons (Fsp3) is 0.700. The molecule has 0 aromatic heterocycles. The molecule has 2 nitrogen and oxygen atoms in total. The van der Waals surface area contributed by atoms with Gasteiger partial charge >= 0.3 is 0 Å². The molecule has 0 saturated carbocycles. The molecule has 0 spiro atoms. The molecule has 1 aliphatic carbocycles. The summed E-state index contributed by atoms with van der Waals surface area (Å²) in [5.41, 5.74) is 2.86. The molecule has 4 heteroatoms. The summed E-state index contributed by atoms with van der Waals surface area (Å²) in [6, 6.07) is 0. The molecule has 0 aromatic carbocycles. The molecule has 0 fully saturated rings. The van der Waals surface area contributed by atoms with Crippen LogP contribution in [0, 0.1) is 0 Å². The van der Waals surface area contributed by atoms with E-state index < -0.39 is 11.2 Å². The summed E-state index contributed by atoms with van der Waals surface area (Å²) in [4.78, 5) is 0. The van der Waals surface area contributed by atoms with Crippen LogP contribution in [0.4, 0.5) is 0 Å². The van der Waals surface area contributed by atoms with Crippen LogP contribution in [0.15, 0.2) is 34.9 Å². The van der Waals surface area contributed by atoms with Gasteiger partial charge in [0, 0.05) is 0 Å². The van der Waals surface area contributed by atoms with Crippen molar-refractivity contribution in [3.63, 3.8) is 0 Å². The third kappa shape index (κ3) is 5.97. The molecular weight excluding hydrogens is 294 g/mol. The first-order valence-electron chi connectivity index (χ1n) is 8.99. The molecule has 1 rings (SSSR count). The third-order valence-electron chi connectivity index (χ3n) is 5.38. The van der Waals surface area contributed by atoms with Crippen LogP contribution in [0.5, 0.6) is 0 Å². The van der Waals surface area contributed by atoms with Crippen molar-refractivity contribution >= 4 is 16.1 Å². The summed E-state index contributed by atoms with van der Waals surface area (Å²) in [6.07, 6.45) is 13.6. The Morgan fingerprint density at radius 3 is 1.88 bits per heavy atom. The van der Waals surface area contributed by atoms with Gasteiger partial charge in [0.2, 0.25) is 0 Å². The van der Waals surface area contributed by atoms with Crippen molar-refractivity contribution in [2.45, 2.75) is 90.8 Å². The van der Waals surface area contributed by atoms with Crippen molar-refractivity contribution in [2.75, 3.05) is 0 Å². The maximum atomic E-state index is 5.75. The standard InChI is InChI=1S/C20H32B2O2/c1-16-8-6-10-17(2)12-14-20(24-22,19(4,5)23-21)15-13-18(3)11-7-9-16/h8,11-12H,6-7,9-10,13-15H2,1-5H3/b16-8+,17-12-,18-11-. The molecule has 1 aliphatic rings. The molecule has 0 saturated heterocycles. The zero-order chi connectivity index (χ0) is 18.2. The predicted molar refractivity (Wildman–Crippen MR) is 104 cm³/mol. The van der Waals surface area contributed by atoms with E-state index in [0.717, 1.165) is 38.5 Å². The molecule has 0 heterocycles. The van der Waals surface area contributed by atoms with Gasteiger partial charge in [0.1, 0.15) is 0 Å². The van der Waals surface area contributed by atoms with Gasteiger partial charge in [-0.1, -0.05) is 34.9 Å². The Morgan fingerprint density at radius 2 is 1.38 bits per heavy atom. The molecule has 0 aliphatic heterocycles. The van der Waals surface area contributed by atoms with E-state index in [0.29, 0.717) is 6.42 Å². The van der Waals surface area contributed by atoms with Crippen LogP contribution in [-0.2, 0) is 9.31 Å². The molecule has 24 heavy (non-hydrogen) atoms. The summed E-state index contributed by atoms with van der Waals surface area (Å²) in [5.74, 6) is 0. The normalized spacial score (nSPS) is 31.8. The number of hydrogen-bond donors (Lipinski definition) is 0. The lowest BCUT2D eigenvalue weighted by Crippen LogP contribution is -2.53. The van der Waals surface area contributed by atoms with Crippen molar-refractivity contribution in [3.8, 4) is 0 Å². The van der Waals surface area contributed by atoms with Gasteiger partial charge in [-0.25, -0.2) is 0 Å². The lowest BCUT2D eigenvalue weighted by molar-refractivity contribution is -0.0941. The van der Waals surface area contributed by atoms with Gasteiger partial charge in [0.05, 0.1) is 11.2 Å². The Labute approximate surface area is 151 Å². The second-order valence-corrected chi connectivity index (χ2v) is 7.67. The highest BCUT2D eigenvalue weighted by molar-refractivity contribution is 5.99. The lowest BCUT2D eigenvalue weighted by Gasteiger charge is -2.46. The fourth-order valence-electron chi connectivity index (χ4n) is 3.14. The molecule has 0 N–H and O–H groups in total. The SMILES string of the molecule is [B]OC(C)(C)C1(O[B])C/C=C(/C)CC/C=C(\C)CC/C=C(/C)CC1. The summed E-state index contributed by atoms with van der Waals surface area (Å²) in [6.45, 7) is 10.4. The van der Waals surface area contributed by atoms with Crippen LogP contribution < -0.4 is 0 Å². The quantitative estimate of drug-likeness (QED) is 0.518. The first-order valence-corrected chi connectivity index (χ1v) is 8.99. The number of rotatable bonds is 3. The van der Waals surface area contributed by atoms with Gasteiger partial charge in [0.15, 0.2) is 0 Å². The minimum atomic E-state index is -0.674. The minimum Gasteiger partial charge on any atom is -0.440 e. The van der Waals surface area contributed by atoms with Crippen molar-refractivity contribution in [1.29, 1.82) is 0 Å². The van der Waals surface area contributed by atoms with Crippen LogP contribution in [0.3, 0.4) is 0 Å². The van der Waals surface area contributed by atoms with E-state index in [1.807, 2.05) is 13.8 Å². The highest BCUT2D eigenvalue weighted by atomic mass is 16.5.